The maximum absolute atomic E-state index is 5.65. The van der Waals surface area contributed by atoms with Crippen molar-refractivity contribution in [2.45, 2.75) is 52.3 Å². The molecule has 1 aliphatic carbocycles. The quantitative estimate of drug-likeness (QED) is 0.702. The lowest BCUT2D eigenvalue weighted by Crippen LogP contribution is -2.33. The summed E-state index contributed by atoms with van der Waals surface area (Å²) in [6.07, 6.45) is 3.03. The van der Waals surface area contributed by atoms with Crippen LogP contribution in [0, 0.1) is 0 Å². The van der Waals surface area contributed by atoms with Crippen LogP contribution in [0.3, 0.4) is 0 Å². The third kappa shape index (κ3) is 5.14. The van der Waals surface area contributed by atoms with Crippen LogP contribution in [0.25, 0.3) is 0 Å². The highest BCUT2D eigenvalue weighted by Gasteiger charge is 2.26. The number of nitrogens with one attached hydrogen (secondary N) is 1. The summed E-state index contributed by atoms with van der Waals surface area (Å²) in [5.41, 5.74) is 1.32. The minimum atomic E-state index is 0.237. The van der Waals surface area contributed by atoms with Crippen LogP contribution in [0.5, 0.6) is 5.75 Å². The van der Waals surface area contributed by atoms with E-state index in [-0.39, 0.29) is 6.10 Å². The normalized spacial score (nSPS) is 15.1. The minimum Gasteiger partial charge on any atom is -0.491 e. The number of hydrogen-bond acceptors (Lipinski definition) is 3. The van der Waals surface area contributed by atoms with Gasteiger partial charge in [-0.05, 0) is 50.9 Å². The summed E-state index contributed by atoms with van der Waals surface area (Å²) < 4.78 is 5.65. The van der Waals surface area contributed by atoms with Crippen LogP contribution in [0.2, 0.25) is 0 Å². The first kappa shape index (κ1) is 15.3. The molecular formula is C17H28N2O. The molecule has 0 radical (unpaired) electrons. The van der Waals surface area contributed by atoms with Crippen molar-refractivity contribution in [1.29, 1.82) is 0 Å². The van der Waals surface area contributed by atoms with Crippen molar-refractivity contribution in [2.75, 3.05) is 19.6 Å². The Bertz CT molecular complexity index is 384. The molecule has 1 N–H and O–H groups in total. The van der Waals surface area contributed by atoms with Crippen LogP contribution in [-0.4, -0.2) is 36.7 Å². The maximum atomic E-state index is 5.65. The van der Waals surface area contributed by atoms with Gasteiger partial charge >= 0.3 is 0 Å². The number of likely N-dealkylation sites (N-methyl/N-ethyl adjacent to an activating group) is 1. The lowest BCUT2D eigenvalue weighted by Gasteiger charge is -2.19. The molecule has 0 aliphatic heterocycles. The first-order valence-corrected chi connectivity index (χ1v) is 7.89. The van der Waals surface area contributed by atoms with Gasteiger partial charge in [-0.2, -0.15) is 0 Å². The highest BCUT2D eigenvalue weighted by atomic mass is 16.5. The van der Waals surface area contributed by atoms with E-state index in [1.807, 2.05) is 0 Å². The Morgan fingerprint density at radius 2 is 1.95 bits per heavy atom. The average molecular weight is 276 g/mol. The summed E-state index contributed by atoms with van der Waals surface area (Å²) in [5.74, 6) is 0.953. The largest absolute Gasteiger partial charge is 0.491 e. The number of nitrogens with zero attached hydrogens (tertiary/aromatic N) is 1. The molecule has 3 heteroatoms. The van der Waals surface area contributed by atoms with E-state index in [2.05, 4.69) is 55.3 Å². The van der Waals surface area contributed by atoms with Gasteiger partial charge in [0.2, 0.25) is 0 Å². The van der Waals surface area contributed by atoms with E-state index in [1.54, 1.807) is 0 Å². The van der Waals surface area contributed by atoms with Crippen LogP contribution in [0.15, 0.2) is 24.3 Å². The topological polar surface area (TPSA) is 24.5 Å². The van der Waals surface area contributed by atoms with Gasteiger partial charge in [-0.1, -0.05) is 19.1 Å². The molecule has 0 amide bonds. The third-order valence-corrected chi connectivity index (χ3v) is 3.67. The molecule has 0 atom stereocenters. The van der Waals surface area contributed by atoms with Gasteiger partial charge in [-0.25, -0.2) is 0 Å². The van der Waals surface area contributed by atoms with E-state index in [0.29, 0.717) is 0 Å². The molecule has 3 nitrogen and oxygen atoms in total. The van der Waals surface area contributed by atoms with Gasteiger partial charge < -0.3 is 10.1 Å². The zero-order valence-corrected chi connectivity index (χ0v) is 13.1. The van der Waals surface area contributed by atoms with Gasteiger partial charge in [0.1, 0.15) is 5.75 Å². The molecule has 1 aromatic carbocycles. The lowest BCUT2D eigenvalue weighted by atomic mass is 10.2. The highest BCUT2D eigenvalue weighted by Crippen LogP contribution is 2.25. The molecule has 0 saturated heterocycles. The summed E-state index contributed by atoms with van der Waals surface area (Å²) in [6, 6.07) is 9.26. The highest BCUT2D eigenvalue weighted by molar-refractivity contribution is 5.27. The molecule has 0 aromatic heterocycles. The summed E-state index contributed by atoms with van der Waals surface area (Å²) in [5, 5.41) is 3.53. The van der Waals surface area contributed by atoms with Crippen LogP contribution in [-0.2, 0) is 6.54 Å². The molecule has 0 heterocycles. The molecule has 1 aliphatic rings. The van der Waals surface area contributed by atoms with Gasteiger partial charge in [0, 0.05) is 25.7 Å². The Hall–Kier alpha value is -1.06. The number of ether oxygens (including phenoxy) is 1. The molecule has 1 fully saturated rings. The lowest BCUT2D eigenvalue weighted by molar-refractivity contribution is 0.242. The molecular weight excluding hydrogens is 248 g/mol. The van der Waals surface area contributed by atoms with E-state index >= 15 is 0 Å². The van der Waals surface area contributed by atoms with Crippen molar-refractivity contribution in [3.8, 4) is 5.75 Å². The maximum Gasteiger partial charge on any atom is 0.119 e. The van der Waals surface area contributed by atoms with Gasteiger partial charge in [-0.15, -0.1) is 0 Å². The summed E-state index contributed by atoms with van der Waals surface area (Å²) in [7, 11) is 0. The second-order valence-corrected chi connectivity index (χ2v) is 5.85. The van der Waals surface area contributed by atoms with E-state index in [0.717, 1.165) is 31.4 Å². The zero-order chi connectivity index (χ0) is 14.4. The second kappa shape index (κ2) is 7.65. The van der Waals surface area contributed by atoms with Crippen LogP contribution in [0.1, 0.15) is 39.2 Å². The summed E-state index contributed by atoms with van der Waals surface area (Å²) >= 11 is 0. The first-order valence-electron chi connectivity index (χ1n) is 7.89. The van der Waals surface area contributed by atoms with Gasteiger partial charge in [0.25, 0.3) is 0 Å². The Kier molecular flexibility index (Phi) is 5.86. The molecule has 1 saturated carbocycles. The monoisotopic (exact) mass is 276 g/mol. The molecule has 112 valence electrons. The van der Waals surface area contributed by atoms with Crippen LogP contribution in [0.4, 0.5) is 0 Å². The SMILES string of the molecule is CCN(CCNCc1ccc(OC(C)C)cc1)C1CC1. The van der Waals surface area contributed by atoms with E-state index in [9.17, 15) is 0 Å². The smallest absolute Gasteiger partial charge is 0.119 e. The molecule has 0 bridgehead atoms. The van der Waals surface area contributed by atoms with Gasteiger partial charge in [-0.3, -0.25) is 4.90 Å². The van der Waals surface area contributed by atoms with Crippen molar-refractivity contribution in [3.05, 3.63) is 29.8 Å². The third-order valence-electron chi connectivity index (χ3n) is 3.67. The molecule has 0 spiro atoms. The van der Waals surface area contributed by atoms with Gasteiger partial charge in [0.05, 0.1) is 6.10 Å². The molecule has 2 rings (SSSR count). The molecule has 0 unspecified atom stereocenters. The number of rotatable bonds is 9. The zero-order valence-electron chi connectivity index (χ0n) is 13.1. The Balaban J connectivity index is 1.65. The van der Waals surface area contributed by atoms with Crippen molar-refractivity contribution in [1.82, 2.24) is 10.2 Å². The summed E-state index contributed by atoms with van der Waals surface area (Å²) in [4.78, 5) is 2.58. The summed E-state index contributed by atoms with van der Waals surface area (Å²) in [6.45, 7) is 10.7. The van der Waals surface area contributed by atoms with Crippen LogP contribution >= 0.6 is 0 Å². The predicted molar refractivity (Wildman–Crippen MR) is 84.2 cm³/mol. The fourth-order valence-corrected chi connectivity index (χ4v) is 2.45. The van der Waals surface area contributed by atoms with Crippen molar-refractivity contribution in [2.24, 2.45) is 0 Å². The average Bonchev–Trinajstić information content (AvgIpc) is 3.24. The van der Waals surface area contributed by atoms with E-state index in [1.165, 1.54) is 24.9 Å². The Labute approximate surface area is 123 Å². The Morgan fingerprint density at radius 3 is 2.50 bits per heavy atom. The van der Waals surface area contributed by atoms with E-state index < -0.39 is 0 Å². The number of hydrogen-bond donors (Lipinski definition) is 1. The molecule has 20 heavy (non-hydrogen) atoms. The van der Waals surface area contributed by atoms with Gasteiger partial charge in [0.15, 0.2) is 0 Å². The standard InChI is InChI=1S/C17H28N2O/c1-4-19(16-7-8-16)12-11-18-13-15-5-9-17(10-6-15)20-14(2)3/h5-6,9-10,14,16,18H,4,7-8,11-13H2,1-3H3. The van der Waals surface area contributed by atoms with Crippen molar-refractivity contribution >= 4 is 0 Å². The second-order valence-electron chi connectivity index (χ2n) is 5.85. The minimum absolute atomic E-state index is 0.237. The fourth-order valence-electron chi connectivity index (χ4n) is 2.45. The number of benzene rings is 1. The van der Waals surface area contributed by atoms with E-state index in [4.69, 9.17) is 4.74 Å². The first-order chi connectivity index (χ1) is 9.69. The van der Waals surface area contributed by atoms with Crippen molar-refractivity contribution < 1.29 is 4.74 Å². The fraction of sp³-hybridized carbons (Fsp3) is 0.647. The molecule has 1 aromatic rings. The Morgan fingerprint density at radius 1 is 1.25 bits per heavy atom. The van der Waals surface area contributed by atoms with Crippen molar-refractivity contribution in [3.63, 3.8) is 0 Å². The van der Waals surface area contributed by atoms with Crippen LogP contribution < -0.4 is 10.1 Å². The predicted octanol–water partition coefficient (Wildman–Crippen LogP) is 3.05.